The molecule has 0 bridgehead atoms. The van der Waals surface area contributed by atoms with E-state index in [1.165, 1.54) is 0 Å². The predicted molar refractivity (Wildman–Crippen MR) is 74.6 cm³/mol. The van der Waals surface area contributed by atoms with Crippen LogP contribution in [0.15, 0.2) is 47.1 Å². The summed E-state index contributed by atoms with van der Waals surface area (Å²) in [5.41, 5.74) is 7.09. The fraction of sp³-hybridized carbons (Fsp3) is 0. The van der Waals surface area contributed by atoms with Gasteiger partial charge in [-0.3, -0.25) is 0 Å². The van der Waals surface area contributed by atoms with E-state index in [2.05, 4.69) is 25.9 Å². The number of halogens is 2. The minimum absolute atomic E-state index is 0.282. The van der Waals surface area contributed by atoms with Crippen LogP contribution in [0.2, 0.25) is 5.15 Å². The van der Waals surface area contributed by atoms with Crippen LogP contribution in [0.5, 0.6) is 0 Å². The molecule has 1 aliphatic carbocycles. The molecular formula is C12H9BrClN3. The van der Waals surface area contributed by atoms with E-state index in [9.17, 15) is 0 Å². The first-order valence-electron chi connectivity index (χ1n) is 4.89. The first-order valence-corrected chi connectivity index (χ1v) is 6.06. The lowest BCUT2D eigenvalue weighted by Crippen LogP contribution is -1.99. The average Bonchev–Trinajstić information content (AvgIpc) is 2.24. The van der Waals surface area contributed by atoms with Gasteiger partial charge in [-0.1, -0.05) is 54.1 Å². The quantitative estimate of drug-likeness (QED) is 0.863. The molecule has 3 nitrogen and oxygen atoms in total. The first kappa shape index (κ1) is 12.1. The van der Waals surface area contributed by atoms with Crippen LogP contribution >= 0.6 is 27.5 Å². The van der Waals surface area contributed by atoms with Gasteiger partial charge in [0.2, 0.25) is 0 Å². The third kappa shape index (κ3) is 2.84. The van der Waals surface area contributed by atoms with Gasteiger partial charge in [0.1, 0.15) is 10.3 Å². The van der Waals surface area contributed by atoms with Crippen molar-refractivity contribution in [3.05, 3.63) is 58.0 Å². The molecule has 0 spiro atoms. The Morgan fingerprint density at radius 3 is 2.59 bits per heavy atom. The standard InChI is InChI=1S/C12H9BrClN3/c13-10-12(15)17-11(14)9(16-10)8-6-4-2-1-3-5-7-8/h1-7H,(H2,15,17)/b2-1-,3-1?,4-2?,5-3-,6-4-,7-5?,8-6?,8-7+. The van der Waals surface area contributed by atoms with Crippen LogP contribution in [0.1, 0.15) is 5.69 Å². The molecule has 86 valence electrons. The maximum Gasteiger partial charge on any atom is 0.158 e. The number of nitrogens with two attached hydrogens (primary N) is 1. The monoisotopic (exact) mass is 309 g/mol. The lowest BCUT2D eigenvalue weighted by molar-refractivity contribution is 1.15. The van der Waals surface area contributed by atoms with Crippen molar-refractivity contribution in [1.29, 1.82) is 0 Å². The third-order valence-electron chi connectivity index (χ3n) is 2.10. The van der Waals surface area contributed by atoms with Crippen molar-refractivity contribution in [3.8, 4) is 0 Å². The number of aromatic nitrogens is 2. The highest BCUT2D eigenvalue weighted by atomic mass is 79.9. The topological polar surface area (TPSA) is 51.8 Å². The molecule has 1 aliphatic rings. The first-order chi connectivity index (χ1) is 8.18. The minimum atomic E-state index is 0.282. The van der Waals surface area contributed by atoms with Crippen molar-refractivity contribution in [2.75, 3.05) is 5.73 Å². The molecule has 5 heteroatoms. The minimum Gasteiger partial charge on any atom is -0.381 e. The Morgan fingerprint density at radius 1 is 1.06 bits per heavy atom. The number of rotatable bonds is 1. The van der Waals surface area contributed by atoms with Gasteiger partial charge in [0.05, 0.1) is 0 Å². The van der Waals surface area contributed by atoms with Crippen LogP contribution in [0.4, 0.5) is 5.82 Å². The molecule has 1 aromatic heterocycles. The highest BCUT2D eigenvalue weighted by Crippen LogP contribution is 2.26. The molecule has 0 unspecified atom stereocenters. The molecule has 17 heavy (non-hydrogen) atoms. The molecule has 2 N–H and O–H groups in total. The van der Waals surface area contributed by atoms with Gasteiger partial charge in [-0.25, -0.2) is 9.97 Å². The Balaban J connectivity index is 2.50. The molecule has 0 fully saturated rings. The van der Waals surface area contributed by atoms with Crippen LogP contribution in [-0.4, -0.2) is 9.97 Å². The summed E-state index contributed by atoms with van der Waals surface area (Å²) in [6.07, 6.45) is 13.5. The summed E-state index contributed by atoms with van der Waals surface area (Å²) in [5, 5.41) is 0.291. The van der Waals surface area contributed by atoms with E-state index in [0.717, 1.165) is 5.57 Å². The lowest BCUT2D eigenvalue weighted by Gasteiger charge is -2.06. The molecule has 2 rings (SSSR count). The van der Waals surface area contributed by atoms with Crippen molar-refractivity contribution >= 4 is 38.9 Å². The molecule has 1 heterocycles. The molecule has 0 atom stereocenters. The van der Waals surface area contributed by atoms with Gasteiger partial charge >= 0.3 is 0 Å². The van der Waals surface area contributed by atoms with E-state index in [1.807, 2.05) is 42.5 Å². The zero-order valence-electron chi connectivity index (χ0n) is 8.77. The molecule has 0 amide bonds. The van der Waals surface area contributed by atoms with Gasteiger partial charge in [0, 0.05) is 5.57 Å². The van der Waals surface area contributed by atoms with E-state index in [1.54, 1.807) is 0 Å². The molecular weight excluding hydrogens is 302 g/mol. The molecule has 0 saturated heterocycles. The van der Waals surface area contributed by atoms with Gasteiger partial charge in [0.15, 0.2) is 11.0 Å². The highest BCUT2D eigenvalue weighted by molar-refractivity contribution is 9.10. The van der Waals surface area contributed by atoms with E-state index in [-0.39, 0.29) is 5.82 Å². The van der Waals surface area contributed by atoms with Gasteiger partial charge in [-0.15, -0.1) is 0 Å². The summed E-state index contributed by atoms with van der Waals surface area (Å²) in [4.78, 5) is 8.31. The molecule has 0 aliphatic heterocycles. The number of hydrogen-bond acceptors (Lipinski definition) is 3. The fourth-order valence-corrected chi connectivity index (χ4v) is 1.82. The van der Waals surface area contributed by atoms with Gasteiger partial charge in [-0.2, -0.15) is 0 Å². The average molecular weight is 311 g/mol. The zero-order valence-corrected chi connectivity index (χ0v) is 11.1. The Bertz CT molecular complexity index is 559. The summed E-state index contributed by atoms with van der Waals surface area (Å²) in [6, 6.07) is 0. The molecule has 1 aromatic rings. The van der Waals surface area contributed by atoms with E-state index in [4.69, 9.17) is 17.3 Å². The van der Waals surface area contributed by atoms with Crippen molar-refractivity contribution in [2.45, 2.75) is 0 Å². The van der Waals surface area contributed by atoms with E-state index >= 15 is 0 Å². The Labute approximate surface area is 113 Å². The maximum absolute atomic E-state index is 6.04. The van der Waals surface area contributed by atoms with E-state index in [0.29, 0.717) is 15.5 Å². The Kier molecular flexibility index (Phi) is 3.76. The van der Waals surface area contributed by atoms with Gasteiger partial charge in [0.25, 0.3) is 0 Å². The number of allylic oxidation sites excluding steroid dienone is 8. The van der Waals surface area contributed by atoms with Crippen molar-refractivity contribution in [3.63, 3.8) is 0 Å². The third-order valence-corrected chi connectivity index (χ3v) is 2.95. The van der Waals surface area contributed by atoms with Gasteiger partial charge in [-0.05, 0) is 15.9 Å². The largest absolute Gasteiger partial charge is 0.381 e. The summed E-state index contributed by atoms with van der Waals surface area (Å²) >= 11 is 9.28. The number of nitrogens with zero attached hydrogens (tertiary/aromatic N) is 2. The van der Waals surface area contributed by atoms with Crippen molar-refractivity contribution in [1.82, 2.24) is 9.97 Å². The highest BCUT2D eigenvalue weighted by Gasteiger charge is 2.10. The van der Waals surface area contributed by atoms with Crippen molar-refractivity contribution < 1.29 is 0 Å². The zero-order chi connectivity index (χ0) is 12.3. The SMILES string of the molecule is Nc1nc(Cl)c(C2=C/C=C\C=C/C=C\2)nc1Br. The molecule has 0 radical (unpaired) electrons. The van der Waals surface area contributed by atoms with Crippen LogP contribution in [-0.2, 0) is 0 Å². The summed E-state index contributed by atoms with van der Waals surface area (Å²) in [7, 11) is 0. The normalized spacial score (nSPS) is 23.1. The second kappa shape index (κ2) is 5.29. The molecule has 0 aromatic carbocycles. The molecule has 0 saturated carbocycles. The number of anilines is 1. The van der Waals surface area contributed by atoms with Gasteiger partial charge < -0.3 is 5.73 Å². The Hall–Kier alpha value is -1.39. The van der Waals surface area contributed by atoms with E-state index < -0.39 is 0 Å². The van der Waals surface area contributed by atoms with Crippen LogP contribution in [0.25, 0.3) is 5.57 Å². The van der Waals surface area contributed by atoms with Crippen molar-refractivity contribution in [2.24, 2.45) is 0 Å². The smallest absolute Gasteiger partial charge is 0.158 e. The van der Waals surface area contributed by atoms with Crippen LogP contribution in [0, 0.1) is 0 Å². The summed E-state index contributed by atoms with van der Waals surface area (Å²) in [6.45, 7) is 0. The Morgan fingerprint density at radius 2 is 1.76 bits per heavy atom. The van der Waals surface area contributed by atoms with Crippen LogP contribution < -0.4 is 5.73 Å². The summed E-state index contributed by atoms with van der Waals surface area (Å²) in [5.74, 6) is 0.282. The second-order valence-corrected chi connectivity index (χ2v) is 4.40. The maximum atomic E-state index is 6.04. The number of nitrogen functional groups attached to an aromatic ring is 1. The fourth-order valence-electron chi connectivity index (χ4n) is 1.31. The van der Waals surface area contributed by atoms with Crippen LogP contribution in [0.3, 0.4) is 0 Å². The predicted octanol–water partition coefficient (Wildman–Crippen LogP) is 3.54. The number of hydrogen-bond donors (Lipinski definition) is 1. The summed E-state index contributed by atoms with van der Waals surface area (Å²) < 4.78 is 0.493. The lowest BCUT2D eigenvalue weighted by atomic mass is 10.1. The second-order valence-electron chi connectivity index (χ2n) is 3.29.